The van der Waals surface area contributed by atoms with Crippen LogP contribution >= 0.6 is 0 Å². The molecular formula is C19H20O5. The Labute approximate surface area is 140 Å². The molecule has 0 heterocycles. The van der Waals surface area contributed by atoms with Gasteiger partial charge in [-0.1, -0.05) is 24.3 Å². The van der Waals surface area contributed by atoms with Crippen molar-refractivity contribution in [2.75, 3.05) is 20.3 Å². The maximum absolute atomic E-state index is 11.6. The Morgan fingerprint density at radius 2 is 1.67 bits per heavy atom. The molecule has 0 aliphatic rings. The van der Waals surface area contributed by atoms with Gasteiger partial charge in [-0.3, -0.25) is 0 Å². The summed E-state index contributed by atoms with van der Waals surface area (Å²) in [6, 6.07) is 14.0. The van der Waals surface area contributed by atoms with Gasteiger partial charge in [-0.2, -0.15) is 0 Å². The van der Waals surface area contributed by atoms with Gasteiger partial charge in [0, 0.05) is 13.0 Å². The van der Waals surface area contributed by atoms with E-state index in [-0.39, 0.29) is 12.2 Å². The van der Waals surface area contributed by atoms with Crippen LogP contribution in [0.5, 0.6) is 11.5 Å². The smallest absolute Gasteiger partial charge is 0.336 e. The summed E-state index contributed by atoms with van der Waals surface area (Å²) in [5.74, 6) is 0.356. The average Bonchev–Trinajstić information content (AvgIpc) is 2.61. The van der Waals surface area contributed by atoms with Crippen LogP contribution in [0.25, 0.3) is 11.6 Å². The summed E-state index contributed by atoms with van der Waals surface area (Å²) < 4.78 is 10.5. The van der Waals surface area contributed by atoms with Gasteiger partial charge in [-0.15, -0.1) is 0 Å². The molecular weight excluding hydrogens is 308 g/mol. The minimum atomic E-state index is -1.00. The molecule has 0 unspecified atom stereocenters. The third-order valence-electron chi connectivity index (χ3n) is 3.39. The number of aliphatic carboxylic acids is 1. The number of carboxylic acid groups (broad SMARTS) is 1. The molecule has 126 valence electrons. The monoisotopic (exact) mass is 328 g/mol. The first-order chi connectivity index (χ1) is 11.6. The SMILES string of the molecule is COc1ccc(/C=C(/C(=O)O)c2ccc(OCCCO)cc2)cc1. The Morgan fingerprint density at radius 3 is 2.21 bits per heavy atom. The van der Waals surface area contributed by atoms with Crippen molar-refractivity contribution in [3.8, 4) is 11.5 Å². The topological polar surface area (TPSA) is 76.0 Å². The Bertz CT molecular complexity index is 687. The zero-order valence-corrected chi connectivity index (χ0v) is 13.4. The van der Waals surface area contributed by atoms with Crippen LogP contribution in [0.15, 0.2) is 48.5 Å². The molecule has 0 aliphatic carbocycles. The Hall–Kier alpha value is -2.79. The number of benzene rings is 2. The summed E-state index contributed by atoms with van der Waals surface area (Å²) >= 11 is 0. The summed E-state index contributed by atoms with van der Waals surface area (Å²) in [7, 11) is 1.58. The van der Waals surface area contributed by atoms with Crippen LogP contribution in [0.1, 0.15) is 17.5 Å². The molecule has 5 nitrogen and oxygen atoms in total. The molecule has 0 aromatic heterocycles. The third-order valence-corrected chi connectivity index (χ3v) is 3.39. The van der Waals surface area contributed by atoms with Gasteiger partial charge in [0.05, 0.1) is 19.3 Å². The number of hydrogen-bond acceptors (Lipinski definition) is 4. The normalized spacial score (nSPS) is 11.2. The predicted molar refractivity (Wildman–Crippen MR) is 92.1 cm³/mol. The molecule has 0 saturated heterocycles. The molecule has 5 heteroatoms. The van der Waals surface area contributed by atoms with E-state index in [1.54, 1.807) is 61.7 Å². The van der Waals surface area contributed by atoms with Gasteiger partial charge in [0.2, 0.25) is 0 Å². The first kappa shape index (κ1) is 17.6. The maximum Gasteiger partial charge on any atom is 0.336 e. The Balaban J connectivity index is 2.20. The van der Waals surface area contributed by atoms with Gasteiger partial charge < -0.3 is 19.7 Å². The molecule has 0 aliphatic heterocycles. The van der Waals surface area contributed by atoms with Crippen molar-refractivity contribution < 1.29 is 24.5 Å². The van der Waals surface area contributed by atoms with E-state index in [0.29, 0.717) is 30.1 Å². The van der Waals surface area contributed by atoms with Gasteiger partial charge in [0.15, 0.2) is 0 Å². The molecule has 0 bridgehead atoms. The zero-order valence-electron chi connectivity index (χ0n) is 13.4. The highest BCUT2D eigenvalue weighted by molar-refractivity contribution is 6.20. The number of carboxylic acids is 1. The zero-order chi connectivity index (χ0) is 17.4. The van der Waals surface area contributed by atoms with Crippen LogP contribution in [-0.4, -0.2) is 36.5 Å². The predicted octanol–water partition coefficient (Wildman–Crippen LogP) is 3.08. The van der Waals surface area contributed by atoms with Crippen LogP contribution < -0.4 is 9.47 Å². The highest BCUT2D eigenvalue weighted by Crippen LogP contribution is 2.23. The fraction of sp³-hybridized carbons (Fsp3) is 0.211. The molecule has 0 radical (unpaired) electrons. The standard InChI is InChI=1S/C19H20O5/c1-23-16-7-3-14(4-8-16)13-18(19(21)22)15-5-9-17(10-6-15)24-12-2-11-20/h3-10,13,20H,2,11-12H2,1H3,(H,21,22)/b18-13+. The lowest BCUT2D eigenvalue weighted by Gasteiger charge is -2.07. The van der Waals surface area contributed by atoms with Gasteiger partial charge in [0.1, 0.15) is 11.5 Å². The fourth-order valence-corrected chi connectivity index (χ4v) is 2.12. The van der Waals surface area contributed by atoms with Crippen molar-refractivity contribution in [2.24, 2.45) is 0 Å². The van der Waals surface area contributed by atoms with E-state index >= 15 is 0 Å². The minimum absolute atomic E-state index is 0.0752. The molecule has 0 saturated carbocycles. The van der Waals surface area contributed by atoms with Crippen LogP contribution in [0.4, 0.5) is 0 Å². The van der Waals surface area contributed by atoms with Crippen LogP contribution in [0, 0.1) is 0 Å². The van der Waals surface area contributed by atoms with Gasteiger partial charge in [0.25, 0.3) is 0 Å². The number of methoxy groups -OCH3 is 1. The van der Waals surface area contributed by atoms with Gasteiger partial charge >= 0.3 is 5.97 Å². The number of aliphatic hydroxyl groups excluding tert-OH is 1. The molecule has 24 heavy (non-hydrogen) atoms. The number of rotatable bonds is 8. The lowest BCUT2D eigenvalue weighted by atomic mass is 10.0. The number of hydrogen-bond donors (Lipinski definition) is 2. The second kappa shape index (κ2) is 8.74. The van der Waals surface area contributed by atoms with E-state index in [1.165, 1.54) is 0 Å². The summed E-state index contributed by atoms with van der Waals surface area (Å²) in [6.45, 7) is 0.495. The highest BCUT2D eigenvalue weighted by atomic mass is 16.5. The number of ether oxygens (including phenoxy) is 2. The van der Waals surface area contributed by atoms with Crippen molar-refractivity contribution in [3.63, 3.8) is 0 Å². The van der Waals surface area contributed by atoms with Crippen LogP contribution in [0.2, 0.25) is 0 Å². The first-order valence-corrected chi connectivity index (χ1v) is 7.57. The van der Waals surface area contributed by atoms with Crippen molar-refractivity contribution >= 4 is 17.6 Å². The molecule has 2 aromatic carbocycles. The van der Waals surface area contributed by atoms with E-state index in [9.17, 15) is 9.90 Å². The lowest BCUT2D eigenvalue weighted by molar-refractivity contribution is -0.130. The highest BCUT2D eigenvalue weighted by Gasteiger charge is 2.11. The molecule has 2 rings (SSSR count). The second-order valence-electron chi connectivity index (χ2n) is 5.09. The minimum Gasteiger partial charge on any atom is -0.497 e. The molecule has 0 amide bonds. The maximum atomic E-state index is 11.6. The molecule has 2 N–H and O–H groups in total. The second-order valence-corrected chi connectivity index (χ2v) is 5.09. The van der Waals surface area contributed by atoms with E-state index in [2.05, 4.69) is 0 Å². The summed E-state index contributed by atoms with van der Waals surface area (Å²) in [4.78, 5) is 11.6. The van der Waals surface area contributed by atoms with Crippen molar-refractivity contribution in [3.05, 3.63) is 59.7 Å². The van der Waals surface area contributed by atoms with E-state index in [0.717, 1.165) is 5.56 Å². The summed E-state index contributed by atoms with van der Waals surface area (Å²) in [5.41, 5.74) is 1.56. The summed E-state index contributed by atoms with van der Waals surface area (Å²) in [6.07, 6.45) is 2.17. The van der Waals surface area contributed by atoms with Crippen molar-refractivity contribution in [1.82, 2.24) is 0 Å². The van der Waals surface area contributed by atoms with Gasteiger partial charge in [-0.05, 0) is 41.5 Å². The fourth-order valence-electron chi connectivity index (χ4n) is 2.12. The number of carbonyl (C=O) groups is 1. The van der Waals surface area contributed by atoms with Crippen LogP contribution in [0.3, 0.4) is 0 Å². The molecule has 2 aromatic rings. The third kappa shape index (κ3) is 4.86. The average molecular weight is 328 g/mol. The van der Waals surface area contributed by atoms with Crippen molar-refractivity contribution in [1.29, 1.82) is 0 Å². The van der Waals surface area contributed by atoms with Gasteiger partial charge in [-0.25, -0.2) is 4.79 Å². The largest absolute Gasteiger partial charge is 0.497 e. The molecule has 0 spiro atoms. The molecule has 0 atom stereocenters. The van der Waals surface area contributed by atoms with E-state index in [4.69, 9.17) is 14.6 Å². The Kier molecular flexibility index (Phi) is 6.40. The summed E-state index contributed by atoms with van der Waals surface area (Å²) in [5, 5.41) is 18.2. The van der Waals surface area contributed by atoms with Crippen molar-refractivity contribution in [2.45, 2.75) is 6.42 Å². The van der Waals surface area contributed by atoms with E-state index in [1.807, 2.05) is 0 Å². The lowest BCUT2D eigenvalue weighted by Crippen LogP contribution is -2.01. The Morgan fingerprint density at radius 1 is 1.04 bits per heavy atom. The quantitative estimate of drug-likeness (QED) is 0.442. The number of aliphatic hydroxyl groups is 1. The first-order valence-electron chi connectivity index (χ1n) is 7.57. The molecule has 0 fully saturated rings. The van der Waals surface area contributed by atoms with E-state index < -0.39 is 5.97 Å². The van der Waals surface area contributed by atoms with Crippen LogP contribution in [-0.2, 0) is 4.79 Å².